The molecule has 0 spiro atoms. The maximum Gasteiger partial charge on any atom is 0.235 e. The van der Waals surface area contributed by atoms with Crippen LogP contribution in [0.2, 0.25) is 0 Å². The highest BCUT2D eigenvalue weighted by atomic mass is 32.2. The Labute approximate surface area is 199 Å². The van der Waals surface area contributed by atoms with Crippen LogP contribution in [0.5, 0.6) is 5.75 Å². The Kier molecular flexibility index (Phi) is 7.61. The van der Waals surface area contributed by atoms with Crippen molar-refractivity contribution in [2.75, 3.05) is 39.3 Å². The molecular weight excluding hydrogens is 436 g/mol. The molecule has 0 bridgehead atoms. The number of benzene rings is 1. The number of likely N-dealkylation sites (N-methyl/N-ethyl adjacent to an activating group) is 1. The van der Waals surface area contributed by atoms with Gasteiger partial charge in [0.2, 0.25) is 5.91 Å². The highest BCUT2D eigenvalue weighted by molar-refractivity contribution is 8.00. The number of rotatable bonds is 8. The van der Waals surface area contributed by atoms with Gasteiger partial charge in [0.25, 0.3) is 0 Å². The van der Waals surface area contributed by atoms with E-state index in [0.29, 0.717) is 17.6 Å². The van der Waals surface area contributed by atoms with Crippen molar-refractivity contribution in [3.63, 3.8) is 0 Å². The molecule has 1 aliphatic rings. The fraction of sp³-hybridized carbons (Fsp3) is 0.417. The normalized spacial score (nSPS) is 15.4. The minimum absolute atomic E-state index is 0.141. The van der Waals surface area contributed by atoms with Crippen molar-refractivity contribution in [1.82, 2.24) is 29.5 Å². The van der Waals surface area contributed by atoms with E-state index >= 15 is 0 Å². The highest BCUT2D eigenvalue weighted by Crippen LogP contribution is 2.31. The number of ether oxygens (including phenoxy) is 1. The zero-order valence-corrected chi connectivity index (χ0v) is 20.2. The summed E-state index contributed by atoms with van der Waals surface area (Å²) in [4.78, 5) is 21.6. The van der Waals surface area contributed by atoms with E-state index in [2.05, 4.69) is 27.0 Å². The molecule has 2 aromatic heterocycles. The van der Waals surface area contributed by atoms with Gasteiger partial charge in [0.05, 0.1) is 11.9 Å². The molecule has 0 radical (unpaired) electrons. The molecule has 0 saturated carbocycles. The second-order valence-corrected chi connectivity index (χ2v) is 9.13. The number of pyridine rings is 1. The molecule has 1 fully saturated rings. The van der Waals surface area contributed by atoms with Crippen LogP contribution < -0.4 is 4.74 Å². The summed E-state index contributed by atoms with van der Waals surface area (Å²) >= 11 is 1.44. The predicted molar refractivity (Wildman–Crippen MR) is 130 cm³/mol. The molecule has 1 aromatic carbocycles. The first-order valence-electron chi connectivity index (χ1n) is 11.4. The summed E-state index contributed by atoms with van der Waals surface area (Å²) in [7, 11) is 0. The van der Waals surface area contributed by atoms with Gasteiger partial charge in [0, 0.05) is 49.8 Å². The van der Waals surface area contributed by atoms with E-state index in [-0.39, 0.29) is 11.2 Å². The number of thioether (sulfide) groups is 1. The van der Waals surface area contributed by atoms with Crippen molar-refractivity contribution in [3.05, 3.63) is 48.8 Å². The van der Waals surface area contributed by atoms with Gasteiger partial charge in [-0.15, -0.1) is 10.2 Å². The molecule has 1 amide bonds. The van der Waals surface area contributed by atoms with Gasteiger partial charge < -0.3 is 14.5 Å². The summed E-state index contributed by atoms with van der Waals surface area (Å²) in [5.74, 6) is 1.66. The van der Waals surface area contributed by atoms with Crippen molar-refractivity contribution < 1.29 is 9.53 Å². The number of carbonyl (C=O) groups is 1. The van der Waals surface area contributed by atoms with E-state index in [1.165, 1.54) is 11.8 Å². The summed E-state index contributed by atoms with van der Waals surface area (Å²) in [6.07, 6.45) is 3.48. The van der Waals surface area contributed by atoms with E-state index in [0.717, 1.165) is 49.7 Å². The van der Waals surface area contributed by atoms with Crippen molar-refractivity contribution in [3.8, 4) is 22.8 Å². The SMILES string of the molecule is CCOc1ccc(-n2c(SC(C)C(=O)N3CCN(CC)CC3)nnc2-c2ccncc2)cc1. The number of aromatic nitrogens is 4. The van der Waals surface area contributed by atoms with Gasteiger partial charge >= 0.3 is 0 Å². The molecule has 174 valence electrons. The largest absolute Gasteiger partial charge is 0.494 e. The first-order valence-corrected chi connectivity index (χ1v) is 12.3. The van der Waals surface area contributed by atoms with Crippen molar-refractivity contribution in [1.29, 1.82) is 0 Å². The summed E-state index contributed by atoms with van der Waals surface area (Å²) in [6.45, 7) is 11.1. The Bertz CT molecular complexity index is 1050. The molecule has 1 unspecified atom stereocenters. The van der Waals surface area contributed by atoms with Crippen LogP contribution >= 0.6 is 11.8 Å². The van der Waals surface area contributed by atoms with E-state index in [1.54, 1.807) is 12.4 Å². The molecule has 0 aliphatic carbocycles. The molecule has 1 aliphatic heterocycles. The zero-order chi connectivity index (χ0) is 23.2. The average Bonchev–Trinajstić information content (AvgIpc) is 3.28. The Morgan fingerprint density at radius 2 is 1.73 bits per heavy atom. The third-order valence-corrected chi connectivity index (χ3v) is 6.77. The van der Waals surface area contributed by atoms with Crippen LogP contribution in [0.1, 0.15) is 20.8 Å². The Morgan fingerprint density at radius 3 is 2.36 bits per heavy atom. The van der Waals surface area contributed by atoms with Gasteiger partial charge in [-0.2, -0.15) is 0 Å². The number of hydrogen-bond acceptors (Lipinski definition) is 7. The van der Waals surface area contributed by atoms with Gasteiger partial charge in [0.15, 0.2) is 11.0 Å². The lowest BCUT2D eigenvalue weighted by molar-refractivity contribution is -0.132. The second-order valence-electron chi connectivity index (χ2n) is 7.82. The summed E-state index contributed by atoms with van der Waals surface area (Å²) in [5, 5.41) is 9.35. The molecule has 9 heteroatoms. The summed E-state index contributed by atoms with van der Waals surface area (Å²) < 4.78 is 7.59. The molecule has 3 heterocycles. The number of nitrogens with zero attached hydrogens (tertiary/aromatic N) is 6. The number of piperazine rings is 1. The van der Waals surface area contributed by atoms with E-state index in [9.17, 15) is 4.79 Å². The molecule has 8 nitrogen and oxygen atoms in total. The van der Waals surface area contributed by atoms with Crippen molar-refractivity contribution in [2.45, 2.75) is 31.2 Å². The van der Waals surface area contributed by atoms with Gasteiger partial charge in [-0.1, -0.05) is 18.7 Å². The third kappa shape index (κ3) is 5.36. The quantitative estimate of drug-likeness (QED) is 0.471. The van der Waals surface area contributed by atoms with Crippen LogP contribution in [-0.4, -0.2) is 80.0 Å². The number of amides is 1. The minimum atomic E-state index is -0.269. The van der Waals surface area contributed by atoms with Crippen LogP contribution in [0.15, 0.2) is 53.9 Å². The minimum Gasteiger partial charge on any atom is -0.494 e. The summed E-state index contributed by atoms with van der Waals surface area (Å²) in [5.41, 5.74) is 1.82. The molecular formula is C24H30N6O2S. The van der Waals surface area contributed by atoms with Gasteiger partial charge in [-0.3, -0.25) is 14.3 Å². The Hall–Kier alpha value is -2.91. The van der Waals surface area contributed by atoms with Crippen LogP contribution in [0.4, 0.5) is 0 Å². The lowest BCUT2D eigenvalue weighted by Gasteiger charge is -2.35. The Morgan fingerprint density at radius 1 is 1.03 bits per heavy atom. The van der Waals surface area contributed by atoms with Crippen molar-refractivity contribution >= 4 is 17.7 Å². The fourth-order valence-corrected chi connectivity index (χ4v) is 4.83. The van der Waals surface area contributed by atoms with Crippen LogP contribution in [0, 0.1) is 0 Å². The van der Waals surface area contributed by atoms with Crippen LogP contribution in [-0.2, 0) is 4.79 Å². The lowest BCUT2D eigenvalue weighted by Crippen LogP contribution is -2.50. The maximum atomic E-state index is 13.1. The van der Waals surface area contributed by atoms with E-state index in [1.807, 2.05) is 59.7 Å². The smallest absolute Gasteiger partial charge is 0.235 e. The molecule has 1 atom stereocenters. The zero-order valence-electron chi connectivity index (χ0n) is 19.3. The van der Waals surface area contributed by atoms with Gasteiger partial charge in [-0.25, -0.2) is 0 Å². The maximum absolute atomic E-state index is 13.1. The monoisotopic (exact) mass is 466 g/mol. The average molecular weight is 467 g/mol. The molecule has 0 N–H and O–H groups in total. The molecule has 1 saturated heterocycles. The number of hydrogen-bond donors (Lipinski definition) is 0. The van der Waals surface area contributed by atoms with Crippen LogP contribution in [0.25, 0.3) is 17.1 Å². The summed E-state index contributed by atoms with van der Waals surface area (Å²) in [6, 6.07) is 11.7. The van der Waals surface area contributed by atoms with E-state index < -0.39 is 0 Å². The lowest BCUT2D eigenvalue weighted by atomic mass is 10.2. The molecule has 3 aromatic rings. The fourth-order valence-electron chi connectivity index (χ4n) is 3.88. The molecule has 4 rings (SSSR count). The topological polar surface area (TPSA) is 76.4 Å². The number of carbonyl (C=O) groups excluding carboxylic acids is 1. The predicted octanol–water partition coefficient (Wildman–Crippen LogP) is 3.37. The van der Waals surface area contributed by atoms with Gasteiger partial charge in [0.1, 0.15) is 5.75 Å². The van der Waals surface area contributed by atoms with Gasteiger partial charge in [-0.05, 0) is 56.8 Å². The van der Waals surface area contributed by atoms with E-state index in [4.69, 9.17) is 4.74 Å². The Balaban J connectivity index is 1.60. The third-order valence-electron chi connectivity index (χ3n) is 5.74. The highest BCUT2D eigenvalue weighted by Gasteiger charge is 2.27. The molecule has 33 heavy (non-hydrogen) atoms. The van der Waals surface area contributed by atoms with Crippen molar-refractivity contribution in [2.24, 2.45) is 0 Å². The second kappa shape index (κ2) is 10.8. The van der Waals surface area contributed by atoms with Crippen LogP contribution in [0.3, 0.4) is 0 Å². The first kappa shape index (κ1) is 23.3. The standard InChI is InChI=1S/C24H30N6O2S/c1-4-28-14-16-29(17-15-28)23(31)18(3)33-24-27-26-22(19-10-12-25-13-11-19)30(24)20-6-8-21(9-7-20)32-5-2/h6-13,18H,4-5,14-17H2,1-3H3. The first-order chi connectivity index (χ1) is 16.1.